The third-order valence-corrected chi connectivity index (χ3v) is 5.76. The second-order valence-corrected chi connectivity index (χ2v) is 8.01. The van der Waals surface area contributed by atoms with Gasteiger partial charge in [0.05, 0.1) is 13.2 Å². The summed E-state index contributed by atoms with van der Waals surface area (Å²) in [6.45, 7) is 0. The fourth-order valence-electron chi connectivity index (χ4n) is 3.99. The number of aliphatic carboxylic acids is 1. The lowest BCUT2D eigenvalue weighted by Gasteiger charge is -2.38. The highest BCUT2D eigenvalue weighted by Gasteiger charge is 2.48. The predicted octanol–water partition coefficient (Wildman–Crippen LogP) is -0.586. The average molecular weight is 480 g/mol. The summed E-state index contributed by atoms with van der Waals surface area (Å²) in [6.07, 6.45) is -11.0. The van der Waals surface area contributed by atoms with E-state index in [1.54, 1.807) is 6.07 Å². The van der Waals surface area contributed by atoms with Crippen LogP contribution in [0.5, 0.6) is 28.7 Å². The number of rotatable bonds is 5. The maximum Gasteiger partial charge on any atom is 0.335 e. The zero-order chi connectivity index (χ0) is 24.7. The van der Waals surface area contributed by atoms with Gasteiger partial charge in [-0.3, -0.25) is 0 Å². The van der Waals surface area contributed by atoms with Gasteiger partial charge in [-0.2, -0.15) is 0 Å². The molecule has 12 heteroatoms. The van der Waals surface area contributed by atoms with E-state index < -0.39 is 48.9 Å². The molecule has 7 N–H and O–H groups in total. The largest absolute Gasteiger partial charge is 0.508 e. The lowest BCUT2D eigenvalue weighted by Crippen LogP contribution is -2.61. The maximum absolute atomic E-state index is 11.3. The Hall–Kier alpha value is -3.29. The molecular formula is C22H24O12. The number of carboxylic acids is 1. The first-order valence-corrected chi connectivity index (χ1v) is 10.3. The van der Waals surface area contributed by atoms with Crippen LogP contribution < -0.4 is 14.2 Å². The Morgan fingerprint density at radius 1 is 1.00 bits per heavy atom. The van der Waals surface area contributed by atoms with E-state index in [9.17, 15) is 40.5 Å². The number of carbonyl (C=O) groups is 1. The second-order valence-electron chi connectivity index (χ2n) is 8.01. The van der Waals surface area contributed by atoms with Crippen molar-refractivity contribution >= 4 is 5.97 Å². The van der Waals surface area contributed by atoms with Crippen LogP contribution in [-0.4, -0.2) is 85.6 Å². The Balaban J connectivity index is 1.63. The molecule has 0 aliphatic carbocycles. The number of phenolic OH excluding ortho intramolecular Hbond substituents is 2. The number of phenols is 2. The molecule has 4 rings (SSSR count). The van der Waals surface area contributed by atoms with Gasteiger partial charge >= 0.3 is 5.97 Å². The zero-order valence-electron chi connectivity index (χ0n) is 17.8. The molecule has 7 unspecified atom stereocenters. The smallest absolute Gasteiger partial charge is 0.335 e. The summed E-state index contributed by atoms with van der Waals surface area (Å²) in [5.74, 6) is -1.69. The first kappa shape index (κ1) is 23.9. The molecule has 1 fully saturated rings. The molecule has 2 heterocycles. The molecule has 0 aromatic heterocycles. The van der Waals surface area contributed by atoms with Crippen LogP contribution in [0.1, 0.15) is 17.2 Å². The van der Waals surface area contributed by atoms with Gasteiger partial charge in [0, 0.05) is 24.1 Å². The first-order valence-electron chi connectivity index (χ1n) is 10.3. The topological polar surface area (TPSA) is 196 Å². The molecule has 34 heavy (non-hydrogen) atoms. The van der Waals surface area contributed by atoms with Crippen molar-refractivity contribution in [2.45, 2.75) is 49.3 Å². The van der Waals surface area contributed by atoms with Crippen molar-refractivity contribution in [3.8, 4) is 28.7 Å². The molecule has 0 bridgehead atoms. The van der Waals surface area contributed by atoms with Crippen molar-refractivity contribution in [1.82, 2.24) is 0 Å². The summed E-state index contributed by atoms with van der Waals surface area (Å²) >= 11 is 0. The number of aromatic hydroxyl groups is 2. The summed E-state index contributed by atoms with van der Waals surface area (Å²) in [5.41, 5.74) is 0.718. The number of hydrogen-bond donors (Lipinski definition) is 7. The van der Waals surface area contributed by atoms with E-state index >= 15 is 0 Å². The number of carboxylic acid groups (broad SMARTS) is 1. The van der Waals surface area contributed by atoms with Crippen molar-refractivity contribution < 1.29 is 59.5 Å². The molecule has 0 radical (unpaired) electrons. The van der Waals surface area contributed by atoms with Crippen LogP contribution in [0.25, 0.3) is 0 Å². The second kappa shape index (κ2) is 9.16. The molecule has 12 nitrogen and oxygen atoms in total. The van der Waals surface area contributed by atoms with E-state index in [0.717, 1.165) is 6.07 Å². The molecule has 0 amide bonds. The highest BCUT2D eigenvalue weighted by atomic mass is 16.7. The van der Waals surface area contributed by atoms with Gasteiger partial charge in [-0.1, -0.05) is 6.07 Å². The highest BCUT2D eigenvalue weighted by Crippen LogP contribution is 2.43. The van der Waals surface area contributed by atoms with Gasteiger partial charge in [0.25, 0.3) is 0 Å². The number of methoxy groups -OCH3 is 1. The molecule has 0 saturated carbocycles. The van der Waals surface area contributed by atoms with Crippen molar-refractivity contribution in [2.24, 2.45) is 0 Å². The number of aliphatic hydroxyl groups is 4. The minimum atomic E-state index is -1.88. The molecule has 7 atom stereocenters. The Labute approximate surface area is 192 Å². The van der Waals surface area contributed by atoms with Crippen LogP contribution in [0.15, 0.2) is 30.3 Å². The molecule has 2 aliphatic heterocycles. The normalized spacial score (nSPS) is 30.7. The lowest BCUT2D eigenvalue weighted by atomic mass is 9.94. The van der Waals surface area contributed by atoms with Crippen LogP contribution in [0, 0.1) is 0 Å². The quantitative estimate of drug-likeness (QED) is 0.288. The minimum Gasteiger partial charge on any atom is -0.508 e. The van der Waals surface area contributed by atoms with Crippen molar-refractivity contribution in [1.29, 1.82) is 0 Å². The predicted molar refractivity (Wildman–Crippen MR) is 111 cm³/mol. The van der Waals surface area contributed by atoms with E-state index in [2.05, 4.69) is 0 Å². The van der Waals surface area contributed by atoms with Crippen LogP contribution in [0.4, 0.5) is 0 Å². The summed E-state index contributed by atoms with van der Waals surface area (Å²) in [5, 5.41) is 69.8. The molecular weight excluding hydrogens is 456 g/mol. The average Bonchev–Trinajstić information content (AvgIpc) is 2.79. The van der Waals surface area contributed by atoms with Gasteiger partial charge in [-0.25, -0.2) is 4.79 Å². The molecule has 2 aromatic rings. The Bertz CT molecular complexity index is 1070. The first-order chi connectivity index (χ1) is 16.1. The Morgan fingerprint density at radius 3 is 2.41 bits per heavy atom. The van der Waals surface area contributed by atoms with Crippen molar-refractivity contribution in [3.05, 3.63) is 41.5 Å². The number of ether oxygens (including phenoxy) is 4. The summed E-state index contributed by atoms with van der Waals surface area (Å²) in [6, 6.07) is 6.90. The van der Waals surface area contributed by atoms with E-state index in [1.165, 1.54) is 25.3 Å². The van der Waals surface area contributed by atoms with Crippen molar-refractivity contribution in [2.75, 3.05) is 7.11 Å². The fraction of sp³-hybridized carbons (Fsp3) is 0.409. The summed E-state index contributed by atoms with van der Waals surface area (Å²) in [7, 11) is 1.34. The van der Waals surface area contributed by atoms with Gasteiger partial charge in [-0.15, -0.1) is 0 Å². The van der Waals surface area contributed by atoms with E-state index in [4.69, 9.17) is 18.9 Å². The van der Waals surface area contributed by atoms with Gasteiger partial charge < -0.3 is 54.7 Å². The number of fused-ring (bicyclic) bond motifs is 1. The Morgan fingerprint density at radius 2 is 1.74 bits per heavy atom. The van der Waals surface area contributed by atoms with E-state index in [0.29, 0.717) is 11.1 Å². The zero-order valence-corrected chi connectivity index (χ0v) is 17.8. The SMILES string of the molecule is COc1ccc(C2Oc3cc(O)cc(O)c3CC2O)cc1OC1OC(C(=O)O)C(O)C(O)C1O. The highest BCUT2D eigenvalue weighted by molar-refractivity contribution is 5.73. The molecule has 1 saturated heterocycles. The Kier molecular flexibility index (Phi) is 6.43. The third-order valence-electron chi connectivity index (χ3n) is 5.76. The summed E-state index contributed by atoms with van der Waals surface area (Å²) < 4.78 is 21.8. The lowest BCUT2D eigenvalue weighted by molar-refractivity contribution is -0.271. The number of aliphatic hydroxyl groups excluding tert-OH is 4. The van der Waals surface area contributed by atoms with Crippen LogP contribution in [0.3, 0.4) is 0 Å². The van der Waals surface area contributed by atoms with Crippen LogP contribution >= 0.6 is 0 Å². The third kappa shape index (κ3) is 4.29. The number of benzene rings is 2. The van der Waals surface area contributed by atoms with Crippen molar-refractivity contribution in [3.63, 3.8) is 0 Å². The molecule has 2 aliphatic rings. The van der Waals surface area contributed by atoms with Gasteiger partial charge in [0.2, 0.25) is 6.29 Å². The minimum absolute atomic E-state index is 0.0304. The van der Waals surface area contributed by atoms with E-state index in [1.807, 2.05) is 0 Å². The monoisotopic (exact) mass is 480 g/mol. The van der Waals surface area contributed by atoms with Gasteiger partial charge in [0.15, 0.2) is 17.6 Å². The molecule has 0 spiro atoms. The standard InChI is InChI=1S/C22H24O12/c1-31-13-3-2-8(19-12(25)7-10-11(24)5-9(23)6-14(10)32-19)4-15(13)33-22-18(28)16(26)17(27)20(34-22)21(29)30/h2-6,12,16-20,22-28H,7H2,1H3,(H,29,30). The number of hydrogen-bond acceptors (Lipinski definition) is 11. The maximum atomic E-state index is 11.3. The van der Waals surface area contributed by atoms with E-state index in [-0.39, 0.29) is 35.2 Å². The fourth-order valence-corrected chi connectivity index (χ4v) is 3.99. The van der Waals surface area contributed by atoms with Gasteiger partial charge in [-0.05, 0) is 17.7 Å². The van der Waals surface area contributed by atoms with Crippen LogP contribution in [0.2, 0.25) is 0 Å². The molecule has 2 aromatic carbocycles. The van der Waals surface area contributed by atoms with Crippen LogP contribution in [-0.2, 0) is 16.0 Å². The summed E-state index contributed by atoms with van der Waals surface area (Å²) in [4.78, 5) is 11.3. The van der Waals surface area contributed by atoms with Gasteiger partial charge in [0.1, 0.15) is 41.7 Å². The molecule has 184 valence electrons.